The number of nitrogens with zero attached hydrogens (tertiary/aromatic N) is 2. The molecule has 4 aromatic rings. The molecule has 1 N–H and O–H groups in total. The first-order chi connectivity index (χ1) is 13.7. The van der Waals surface area contributed by atoms with E-state index in [0.29, 0.717) is 35.2 Å². The molecule has 2 aromatic carbocycles. The fraction of sp³-hybridized carbons (Fsp3) is 0.190. The summed E-state index contributed by atoms with van der Waals surface area (Å²) in [5.74, 6) is -0.102. The number of aromatic nitrogens is 2. The van der Waals surface area contributed by atoms with Gasteiger partial charge in [-0.15, -0.1) is 0 Å². The lowest BCUT2D eigenvalue weighted by atomic mass is 10.1. The molecule has 142 valence electrons. The zero-order valence-electron chi connectivity index (χ0n) is 15.3. The summed E-state index contributed by atoms with van der Waals surface area (Å²) in [6.07, 6.45) is 0. The number of carbonyl (C=O) groups is 1. The number of amides is 1. The fourth-order valence-corrected chi connectivity index (χ4v) is 3.11. The molecule has 0 spiro atoms. The summed E-state index contributed by atoms with van der Waals surface area (Å²) >= 11 is 0. The van der Waals surface area contributed by atoms with E-state index in [-0.39, 0.29) is 23.8 Å². The van der Waals surface area contributed by atoms with E-state index in [9.17, 15) is 9.59 Å². The Hall–Kier alpha value is -3.45. The van der Waals surface area contributed by atoms with E-state index in [1.165, 1.54) is 4.68 Å². The monoisotopic (exact) mass is 377 g/mol. The number of benzene rings is 2. The van der Waals surface area contributed by atoms with Crippen LogP contribution in [0.1, 0.15) is 16.2 Å². The molecule has 0 aliphatic heterocycles. The predicted molar refractivity (Wildman–Crippen MR) is 105 cm³/mol. The van der Waals surface area contributed by atoms with E-state index in [2.05, 4.69) is 10.4 Å². The van der Waals surface area contributed by atoms with Crippen LogP contribution in [0.15, 0.2) is 63.8 Å². The zero-order chi connectivity index (χ0) is 19.5. The predicted octanol–water partition coefficient (Wildman–Crippen LogP) is 2.72. The highest BCUT2D eigenvalue weighted by atomic mass is 16.5. The van der Waals surface area contributed by atoms with Crippen LogP contribution < -0.4 is 10.9 Å². The summed E-state index contributed by atoms with van der Waals surface area (Å²) in [5, 5.41) is 9.39. The smallest absolute Gasteiger partial charge is 0.287 e. The molecular formula is C21H19N3O4. The van der Waals surface area contributed by atoms with Gasteiger partial charge in [-0.1, -0.05) is 36.4 Å². The lowest BCUT2D eigenvalue weighted by molar-refractivity contribution is 0.0924. The average Bonchev–Trinajstić information content (AvgIpc) is 3.17. The van der Waals surface area contributed by atoms with Crippen LogP contribution in [-0.4, -0.2) is 29.4 Å². The fourth-order valence-electron chi connectivity index (χ4n) is 3.11. The molecule has 0 atom stereocenters. The molecule has 0 saturated heterocycles. The van der Waals surface area contributed by atoms with Gasteiger partial charge in [0.05, 0.1) is 30.8 Å². The van der Waals surface area contributed by atoms with Crippen LogP contribution in [0.4, 0.5) is 0 Å². The molecule has 1 amide bonds. The van der Waals surface area contributed by atoms with Crippen LogP contribution in [0.3, 0.4) is 0 Å². The normalized spacial score (nSPS) is 11.2. The molecular weight excluding hydrogens is 358 g/mol. The molecule has 0 radical (unpaired) electrons. The summed E-state index contributed by atoms with van der Waals surface area (Å²) in [6.45, 7) is 0.879. The number of methoxy groups -OCH3 is 1. The van der Waals surface area contributed by atoms with Gasteiger partial charge in [0.25, 0.3) is 11.5 Å². The summed E-state index contributed by atoms with van der Waals surface area (Å²) in [4.78, 5) is 25.1. The Morgan fingerprint density at radius 1 is 1.14 bits per heavy atom. The Labute approximate surface area is 160 Å². The van der Waals surface area contributed by atoms with Gasteiger partial charge in [-0.3, -0.25) is 9.59 Å². The Balaban J connectivity index is 1.62. The quantitative estimate of drug-likeness (QED) is 0.558. The van der Waals surface area contributed by atoms with Gasteiger partial charge in [-0.05, 0) is 18.2 Å². The zero-order valence-corrected chi connectivity index (χ0v) is 15.3. The van der Waals surface area contributed by atoms with Gasteiger partial charge >= 0.3 is 0 Å². The molecule has 7 heteroatoms. The van der Waals surface area contributed by atoms with Crippen LogP contribution in [0.25, 0.3) is 21.7 Å². The summed E-state index contributed by atoms with van der Waals surface area (Å²) in [7, 11) is 1.57. The molecule has 0 saturated carbocycles. The van der Waals surface area contributed by atoms with Gasteiger partial charge in [0, 0.05) is 17.9 Å². The SMILES string of the molecule is COCCn1nc(CNC(=O)c2cc3ccccc3o2)c2ccccc2c1=O. The molecule has 0 aliphatic rings. The van der Waals surface area contributed by atoms with Crippen LogP contribution >= 0.6 is 0 Å². The Morgan fingerprint density at radius 3 is 2.68 bits per heavy atom. The molecule has 0 fully saturated rings. The third kappa shape index (κ3) is 3.39. The van der Waals surface area contributed by atoms with Crippen molar-refractivity contribution >= 4 is 27.6 Å². The minimum absolute atomic E-state index is 0.170. The van der Waals surface area contributed by atoms with Gasteiger partial charge in [0.2, 0.25) is 0 Å². The van der Waals surface area contributed by atoms with Crippen molar-refractivity contribution in [1.29, 1.82) is 0 Å². The number of rotatable bonds is 6. The maximum atomic E-state index is 12.6. The highest BCUT2D eigenvalue weighted by Crippen LogP contribution is 2.19. The van der Waals surface area contributed by atoms with E-state index in [0.717, 1.165) is 5.39 Å². The second-order valence-corrected chi connectivity index (χ2v) is 6.34. The molecule has 0 unspecified atom stereocenters. The topological polar surface area (TPSA) is 86.4 Å². The van der Waals surface area contributed by atoms with Crippen molar-refractivity contribution in [1.82, 2.24) is 15.1 Å². The number of nitrogens with one attached hydrogen (secondary N) is 1. The average molecular weight is 377 g/mol. The van der Waals surface area contributed by atoms with E-state index >= 15 is 0 Å². The Kier molecular flexibility index (Phi) is 4.90. The highest BCUT2D eigenvalue weighted by molar-refractivity contribution is 5.96. The summed E-state index contributed by atoms with van der Waals surface area (Å²) < 4.78 is 12.0. The number of carbonyl (C=O) groups excluding carboxylic acids is 1. The largest absolute Gasteiger partial charge is 0.451 e. The minimum Gasteiger partial charge on any atom is -0.451 e. The number of fused-ring (bicyclic) bond motifs is 2. The second-order valence-electron chi connectivity index (χ2n) is 6.34. The molecule has 28 heavy (non-hydrogen) atoms. The summed E-state index contributed by atoms with van der Waals surface area (Å²) in [5.41, 5.74) is 1.08. The van der Waals surface area contributed by atoms with Crippen molar-refractivity contribution in [2.24, 2.45) is 0 Å². The summed E-state index contributed by atoms with van der Waals surface area (Å²) in [6, 6.07) is 16.4. The Morgan fingerprint density at radius 2 is 1.89 bits per heavy atom. The van der Waals surface area contributed by atoms with Crippen LogP contribution in [-0.2, 0) is 17.8 Å². The molecule has 7 nitrogen and oxygen atoms in total. The van der Waals surface area contributed by atoms with Crippen LogP contribution in [0.2, 0.25) is 0 Å². The first kappa shape index (κ1) is 17.9. The number of hydrogen-bond acceptors (Lipinski definition) is 5. The van der Waals surface area contributed by atoms with Gasteiger partial charge in [-0.2, -0.15) is 5.10 Å². The third-order valence-electron chi connectivity index (χ3n) is 4.52. The van der Waals surface area contributed by atoms with Gasteiger partial charge in [-0.25, -0.2) is 4.68 Å². The van der Waals surface area contributed by atoms with Crippen molar-refractivity contribution in [3.8, 4) is 0 Å². The van der Waals surface area contributed by atoms with Crippen molar-refractivity contribution < 1.29 is 13.9 Å². The van der Waals surface area contributed by atoms with E-state index < -0.39 is 0 Å². The molecule has 4 rings (SSSR count). The number of ether oxygens (including phenoxy) is 1. The first-order valence-electron chi connectivity index (χ1n) is 8.92. The van der Waals surface area contributed by atoms with Gasteiger partial charge in [0.15, 0.2) is 5.76 Å². The molecule has 0 aliphatic carbocycles. The maximum absolute atomic E-state index is 12.6. The van der Waals surface area contributed by atoms with Crippen molar-refractivity contribution in [2.75, 3.05) is 13.7 Å². The first-order valence-corrected chi connectivity index (χ1v) is 8.92. The number of para-hydroxylation sites is 1. The lowest BCUT2D eigenvalue weighted by Crippen LogP contribution is -2.29. The molecule has 2 heterocycles. The highest BCUT2D eigenvalue weighted by Gasteiger charge is 2.15. The molecule has 2 aromatic heterocycles. The Bertz CT molecular complexity index is 1180. The van der Waals surface area contributed by atoms with Gasteiger partial charge < -0.3 is 14.5 Å². The maximum Gasteiger partial charge on any atom is 0.287 e. The van der Waals surface area contributed by atoms with E-state index in [1.54, 1.807) is 25.3 Å². The number of hydrogen-bond donors (Lipinski definition) is 1. The van der Waals surface area contributed by atoms with Gasteiger partial charge in [0.1, 0.15) is 5.58 Å². The number of furan rings is 1. The second kappa shape index (κ2) is 7.66. The third-order valence-corrected chi connectivity index (χ3v) is 4.52. The van der Waals surface area contributed by atoms with Crippen LogP contribution in [0.5, 0.6) is 0 Å². The van der Waals surface area contributed by atoms with Crippen molar-refractivity contribution in [3.05, 3.63) is 76.4 Å². The van der Waals surface area contributed by atoms with Crippen molar-refractivity contribution in [2.45, 2.75) is 13.1 Å². The molecule has 0 bridgehead atoms. The van der Waals surface area contributed by atoms with Crippen LogP contribution in [0, 0.1) is 0 Å². The lowest BCUT2D eigenvalue weighted by Gasteiger charge is -2.11. The van der Waals surface area contributed by atoms with Crippen molar-refractivity contribution in [3.63, 3.8) is 0 Å². The minimum atomic E-state index is -0.336. The standard InChI is InChI=1S/C21H19N3O4/c1-27-11-10-24-21(26)16-8-4-3-7-15(16)17(23-24)13-22-20(25)19-12-14-6-2-5-9-18(14)28-19/h2-9,12H,10-11,13H2,1H3,(H,22,25). The van der Waals surface area contributed by atoms with E-state index in [1.807, 2.05) is 36.4 Å². The van der Waals surface area contributed by atoms with E-state index in [4.69, 9.17) is 9.15 Å².